The molecule has 2 amide bonds. The molecule has 0 bridgehead atoms. The van der Waals surface area contributed by atoms with Crippen molar-refractivity contribution in [3.8, 4) is 11.5 Å². The molecule has 0 spiro atoms. The van der Waals surface area contributed by atoms with E-state index >= 15 is 0 Å². The molecule has 1 N–H and O–H groups in total. The Morgan fingerprint density at radius 2 is 2.07 bits per heavy atom. The monoisotopic (exact) mass is 382 g/mol. The first-order chi connectivity index (χ1) is 13.4. The Bertz CT molecular complexity index is 879. The summed E-state index contributed by atoms with van der Waals surface area (Å²) in [4.78, 5) is 26.6. The van der Waals surface area contributed by atoms with Crippen LogP contribution in [0.2, 0.25) is 0 Å². The first kappa shape index (κ1) is 19.7. The zero-order valence-electron chi connectivity index (χ0n) is 16.7. The molecule has 0 radical (unpaired) electrons. The van der Waals surface area contributed by atoms with Crippen molar-refractivity contribution in [2.24, 2.45) is 5.92 Å². The van der Waals surface area contributed by atoms with E-state index < -0.39 is 6.10 Å². The van der Waals surface area contributed by atoms with Gasteiger partial charge in [-0.1, -0.05) is 26.0 Å². The van der Waals surface area contributed by atoms with Crippen LogP contribution >= 0.6 is 0 Å². The largest absolute Gasteiger partial charge is 0.497 e. The number of hydrogen-bond acceptors (Lipinski definition) is 4. The fourth-order valence-corrected chi connectivity index (χ4v) is 3.09. The minimum Gasteiger partial charge on any atom is -0.497 e. The number of ether oxygens (including phenoxy) is 2. The Balaban J connectivity index is 1.85. The van der Waals surface area contributed by atoms with Crippen LogP contribution in [0.25, 0.3) is 0 Å². The second kappa shape index (κ2) is 8.33. The zero-order valence-corrected chi connectivity index (χ0v) is 16.7. The van der Waals surface area contributed by atoms with Crippen LogP contribution in [0.15, 0.2) is 42.5 Å². The van der Waals surface area contributed by atoms with Gasteiger partial charge in [-0.2, -0.15) is 0 Å². The van der Waals surface area contributed by atoms with Crippen LogP contribution in [0.3, 0.4) is 0 Å². The normalized spacial score (nSPS) is 16.2. The lowest BCUT2D eigenvalue weighted by Crippen LogP contribution is -2.37. The number of methoxy groups -OCH3 is 1. The molecule has 0 saturated heterocycles. The van der Waals surface area contributed by atoms with Crippen molar-refractivity contribution in [1.29, 1.82) is 0 Å². The molecule has 6 heteroatoms. The lowest BCUT2D eigenvalue weighted by molar-refractivity contribution is -0.138. The maximum absolute atomic E-state index is 12.8. The highest BCUT2D eigenvalue weighted by Crippen LogP contribution is 2.30. The molecule has 1 heterocycles. The molecule has 0 fully saturated rings. The molecule has 2 aromatic carbocycles. The number of nitrogens with zero attached hydrogens (tertiary/aromatic N) is 1. The maximum atomic E-state index is 12.8. The van der Waals surface area contributed by atoms with E-state index in [9.17, 15) is 9.59 Å². The lowest BCUT2D eigenvalue weighted by Gasteiger charge is -2.22. The molecule has 148 valence electrons. The number of rotatable bonds is 5. The van der Waals surface area contributed by atoms with E-state index in [4.69, 9.17) is 9.47 Å². The Labute approximate surface area is 165 Å². The molecule has 0 aliphatic carbocycles. The Kier molecular flexibility index (Phi) is 5.87. The van der Waals surface area contributed by atoms with Crippen molar-refractivity contribution in [2.75, 3.05) is 12.4 Å². The first-order valence-electron chi connectivity index (χ1n) is 9.39. The fraction of sp³-hybridized carbons (Fsp3) is 0.364. The summed E-state index contributed by atoms with van der Waals surface area (Å²) in [5, 5.41) is 2.90. The van der Waals surface area contributed by atoms with Gasteiger partial charge in [-0.25, -0.2) is 0 Å². The Morgan fingerprint density at radius 1 is 1.29 bits per heavy atom. The van der Waals surface area contributed by atoms with Crippen molar-refractivity contribution < 1.29 is 19.1 Å². The second-order valence-electron chi connectivity index (χ2n) is 7.27. The molecule has 0 saturated carbocycles. The van der Waals surface area contributed by atoms with Gasteiger partial charge in [0.1, 0.15) is 11.5 Å². The number of carbonyl (C=O) groups is 2. The van der Waals surface area contributed by atoms with E-state index in [2.05, 4.69) is 5.32 Å². The first-order valence-corrected chi connectivity index (χ1v) is 9.39. The number of benzene rings is 2. The Hall–Kier alpha value is -3.02. The summed E-state index contributed by atoms with van der Waals surface area (Å²) in [5.41, 5.74) is 2.54. The number of carbonyl (C=O) groups excluding carboxylic acids is 2. The van der Waals surface area contributed by atoms with E-state index in [1.54, 1.807) is 25.0 Å². The smallest absolute Gasteiger partial charge is 0.263 e. The number of nitrogens with one attached hydrogen (secondary N) is 1. The number of amides is 2. The van der Waals surface area contributed by atoms with Gasteiger partial charge in [0, 0.05) is 30.3 Å². The van der Waals surface area contributed by atoms with Crippen molar-refractivity contribution in [3.63, 3.8) is 0 Å². The van der Waals surface area contributed by atoms with Gasteiger partial charge in [-0.15, -0.1) is 0 Å². The minimum atomic E-state index is -0.581. The van der Waals surface area contributed by atoms with Crippen molar-refractivity contribution in [2.45, 2.75) is 40.0 Å². The third kappa shape index (κ3) is 4.44. The standard InChI is InChI=1S/C22H26N2O4/c1-14(2)21(25)23-18-8-9-20-17(11-18)13-24(22(26)15(3)28-20)12-16-6-5-7-19(10-16)27-4/h5-11,14-15H,12-13H2,1-4H3,(H,23,25)/t15-/m1/s1. The van der Waals surface area contributed by atoms with Gasteiger partial charge >= 0.3 is 0 Å². The molecule has 1 aliphatic rings. The summed E-state index contributed by atoms with van der Waals surface area (Å²) in [7, 11) is 1.62. The lowest BCUT2D eigenvalue weighted by atomic mass is 10.1. The van der Waals surface area contributed by atoms with Crippen LogP contribution in [0, 0.1) is 5.92 Å². The van der Waals surface area contributed by atoms with Crippen molar-refractivity contribution in [1.82, 2.24) is 4.90 Å². The molecule has 0 aromatic heterocycles. The average molecular weight is 382 g/mol. The van der Waals surface area contributed by atoms with Crippen LogP contribution in [-0.4, -0.2) is 29.9 Å². The van der Waals surface area contributed by atoms with Crippen LogP contribution in [0.5, 0.6) is 11.5 Å². The molecular weight excluding hydrogens is 356 g/mol. The summed E-state index contributed by atoms with van der Waals surface area (Å²) in [6.45, 7) is 6.30. The molecule has 1 atom stereocenters. The summed E-state index contributed by atoms with van der Waals surface area (Å²) in [6, 6.07) is 13.1. The summed E-state index contributed by atoms with van der Waals surface area (Å²) >= 11 is 0. The van der Waals surface area contributed by atoms with E-state index in [1.807, 2.05) is 50.2 Å². The zero-order chi connectivity index (χ0) is 20.3. The topological polar surface area (TPSA) is 67.9 Å². The van der Waals surface area contributed by atoms with E-state index in [1.165, 1.54) is 0 Å². The third-order valence-electron chi connectivity index (χ3n) is 4.68. The van der Waals surface area contributed by atoms with Crippen LogP contribution < -0.4 is 14.8 Å². The van der Waals surface area contributed by atoms with Crippen molar-refractivity contribution in [3.05, 3.63) is 53.6 Å². The molecule has 3 rings (SSSR count). The van der Waals surface area contributed by atoms with Crippen LogP contribution in [0.1, 0.15) is 31.9 Å². The molecule has 2 aromatic rings. The van der Waals surface area contributed by atoms with Gasteiger partial charge in [0.2, 0.25) is 5.91 Å². The van der Waals surface area contributed by atoms with E-state index in [0.717, 1.165) is 16.9 Å². The van der Waals surface area contributed by atoms with E-state index in [-0.39, 0.29) is 17.7 Å². The highest BCUT2D eigenvalue weighted by atomic mass is 16.5. The molecule has 6 nitrogen and oxygen atoms in total. The molecule has 1 aliphatic heterocycles. The number of anilines is 1. The quantitative estimate of drug-likeness (QED) is 0.858. The summed E-state index contributed by atoms with van der Waals surface area (Å²) in [6.07, 6.45) is -0.581. The van der Waals surface area contributed by atoms with Crippen molar-refractivity contribution >= 4 is 17.5 Å². The average Bonchev–Trinajstić information content (AvgIpc) is 2.79. The predicted molar refractivity (Wildman–Crippen MR) is 107 cm³/mol. The number of hydrogen-bond donors (Lipinski definition) is 1. The summed E-state index contributed by atoms with van der Waals surface area (Å²) < 4.78 is 11.1. The maximum Gasteiger partial charge on any atom is 0.263 e. The second-order valence-corrected chi connectivity index (χ2v) is 7.27. The molecule has 0 unspecified atom stereocenters. The minimum absolute atomic E-state index is 0.0489. The van der Waals surface area contributed by atoms with Gasteiger partial charge in [0.15, 0.2) is 6.10 Å². The van der Waals surface area contributed by atoms with Crippen LogP contribution in [-0.2, 0) is 22.7 Å². The highest BCUT2D eigenvalue weighted by molar-refractivity contribution is 5.92. The molecular formula is C22H26N2O4. The SMILES string of the molecule is COc1cccc(CN2Cc3cc(NC(=O)C(C)C)ccc3O[C@H](C)C2=O)c1. The van der Waals surface area contributed by atoms with Crippen LogP contribution in [0.4, 0.5) is 5.69 Å². The third-order valence-corrected chi connectivity index (χ3v) is 4.68. The van der Waals surface area contributed by atoms with E-state index in [0.29, 0.717) is 24.5 Å². The predicted octanol–water partition coefficient (Wildman–Crippen LogP) is 3.60. The fourth-order valence-electron chi connectivity index (χ4n) is 3.09. The Morgan fingerprint density at radius 3 is 2.79 bits per heavy atom. The summed E-state index contributed by atoms with van der Waals surface area (Å²) in [5.74, 6) is 1.18. The van der Waals surface area contributed by atoms with Gasteiger partial charge in [-0.3, -0.25) is 9.59 Å². The molecule has 28 heavy (non-hydrogen) atoms. The highest BCUT2D eigenvalue weighted by Gasteiger charge is 2.28. The number of fused-ring (bicyclic) bond motifs is 1. The van der Waals surface area contributed by atoms with Gasteiger partial charge in [0.05, 0.1) is 7.11 Å². The van der Waals surface area contributed by atoms with Gasteiger partial charge < -0.3 is 19.7 Å². The van der Waals surface area contributed by atoms with Gasteiger partial charge in [-0.05, 0) is 42.8 Å². The van der Waals surface area contributed by atoms with Gasteiger partial charge in [0.25, 0.3) is 5.91 Å².